The Morgan fingerprint density at radius 3 is 2.26 bits per heavy atom. The average Bonchev–Trinajstić information content (AvgIpc) is 2.55. The van der Waals surface area contributed by atoms with E-state index in [0.717, 1.165) is 0 Å². The van der Waals surface area contributed by atoms with Crippen LogP contribution in [-0.2, 0) is 9.53 Å². The predicted molar refractivity (Wildman–Crippen MR) is 70.5 cm³/mol. The monoisotopic (exact) mass is 309 g/mol. The highest BCUT2D eigenvalue weighted by molar-refractivity contribution is 6.51. The van der Waals surface area contributed by atoms with E-state index in [2.05, 4.69) is 0 Å². The van der Waals surface area contributed by atoms with Crippen LogP contribution in [-0.4, -0.2) is 44.6 Å². The third-order valence-corrected chi connectivity index (χ3v) is 4.63. The van der Waals surface area contributed by atoms with E-state index < -0.39 is 33.5 Å². The predicted octanol–water partition coefficient (Wildman–Crippen LogP) is 2.64. The van der Waals surface area contributed by atoms with E-state index in [9.17, 15) is 14.7 Å². The fourth-order valence-corrected chi connectivity index (χ4v) is 3.27. The van der Waals surface area contributed by atoms with Crippen LogP contribution in [0.4, 0.5) is 4.79 Å². The number of hydrogen-bond acceptors (Lipinski definition) is 3. The molecule has 1 aliphatic carbocycles. The van der Waals surface area contributed by atoms with Crippen LogP contribution in [0, 0.1) is 5.41 Å². The van der Waals surface area contributed by atoms with Crippen molar-refractivity contribution in [1.29, 1.82) is 0 Å². The Morgan fingerprint density at radius 1 is 1.37 bits per heavy atom. The van der Waals surface area contributed by atoms with Crippen molar-refractivity contribution in [2.75, 3.05) is 6.54 Å². The second-order valence-electron chi connectivity index (χ2n) is 6.33. The Balaban J connectivity index is 2.15. The van der Waals surface area contributed by atoms with Gasteiger partial charge in [-0.3, -0.25) is 4.90 Å². The van der Waals surface area contributed by atoms with Crippen LogP contribution in [0.2, 0.25) is 0 Å². The summed E-state index contributed by atoms with van der Waals surface area (Å²) in [6.07, 6.45) is 0.147. The molecule has 0 unspecified atom stereocenters. The van der Waals surface area contributed by atoms with E-state index in [1.807, 2.05) is 0 Å². The van der Waals surface area contributed by atoms with Gasteiger partial charge in [-0.05, 0) is 33.6 Å². The van der Waals surface area contributed by atoms with Gasteiger partial charge in [0.25, 0.3) is 0 Å². The van der Waals surface area contributed by atoms with Crippen LogP contribution < -0.4 is 0 Å². The molecular weight excluding hydrogens is 293 g/mol. The van der Waals surface area contributed by atoms with E-state index in [4.69, 9.17) is 27.9 Å². The normalized spacial score (nSPS) is 32.5. The third kappa shape index (κ3) is 2.63. The molecule has 1 aliphatic heterocycles. The topological polar surface area (TPSA) is 66.8 Å². The number of amides is 1. The smallest absolute Gasteiger partial charge is 0.411 e. The maximum atomic E-state index is 12.1. The zero-order valence-corrected chi connectivity index (χ0v) is 12.6. The lowest BCUT2D eigenvalue weighted by molar-refractivity contribution is -0.142. The van der Waals surface area contributed by atoms with E-state index in [-0.39, 0.29) is 13.0 Å². The molecule has 19 heavy (non-hydrogen) atoms. The maximum Gasteiger partial charge on any atom is 0.411 e. The summed E-state index contributed by atoms with van der Waals surface area (Å²) in [4.78, 5) is 24.6. The number of rotatable bonds is 1. The van der Waals surface area contributed by atoms with Crippen molar-refractivity contribution in [3.63, 3.8) is 0 Å². The zero-order valence-electron chi connectivity index (χ0n) is 11.1. The molecule has 108 valence electrons. The number of aliphatic carboxylic acids is 1. The Hall–Kier alpha value is -0.680. The summed E-state index contributed by atoms with van der Waals surface area (Å²) in [6, 6.07) is -0.922. The lowest BCUT2D eigenvalue weighted by Gasteiger charge is -2.26. The molecule has 2 atom stereocenters. The van der Waals surface area contributed by atoms with E-state index in [1.54, 1.807) is 20.8 Å². The average molecular weight is 310 g/mol. The molecule has 2 fully saturated rings. The lowest BCUT2D eigenvalue weighted by Crippen LogP contribution is -2.43. The quantitative estimate of drug-likeness (QED) is 0.756. The number of alkyl halides is 2. The molecule has 7 heteroatoms. The van der Waals surface area contributed by atoms with Gasteiger partial charge >= 0.3 is 12.1 Å². The number of carbonyl (C=O) groups is 2. The van der Waals surface area contributed by atoms with Crippen LogP contribution in [0.15, 0.2) is 0 Å². The fraction of sp³-hybridized carbons (Fsp3) is 0.833. The minimum absolute atomic E-state index is 0.228. The summed E-state index contributed by atoms with van der Waals surface area (Å²) < 4.78 is 4.30. The number of hydrogen-bond donors (Lipinski definition) is 1. The van der Waals surface area contributed by atoms with Gasteiger partial charge in [0, 0.05) is 12.0 Å². The number of carboxylic acid groups (broad SMARTS) is 1. The van der Waals surface area contributed by atoms with Gasteiger partial charge in [0.1, 0.15) is 16.0 Å². The van der Waals surface area contributed by atoms with Crippen molar-refractivity contribution < 1.29 is 19.4 Å². The summed E-state index contributed by atoms with van der Waals surface area (Å²) in [5.41, 5.74) is -1.17. The first-order valence-corrected chi connectivity index (χ1v) is 6.83. The molecule has 1 N–H and O–H groups in total. The number of ether oxygens (including phenoxy) is 1. The molecule has 1 amide bonds. The van der Waals surface area contributed by atoms with Crippen LogP contribution in [0.5, 0.6) is 0 Å². The highest BCUT2D eigenvalue weighted by atomic mass is 35.5. The van der Waals surface area contributed by atoms with Gasteiger partial charge < -0.3 is 9.84 Å². The molecule has 1 spiro atoms. The minimum atomic E-state index is -1.06. The second-order valence-corrected chi connectivity index (χ2v) is 7.81. The molecule has 1 saturated heterocycles. The van der Waals surface area contributed by atoms with Gasteiger partial charge in [-0.15, -0.1) is 23.2 Å². The third-order valence-electron chi connectivity index (χ3n) is 3.56. The molecule has 0 bridgehead atoms. The molecule has 1 heterocycles. The molecule has 2 rings (SSSR count). The molecular formula is C12H17Cl2NO4. The molecule has 0 aromatic carbocycles. The van der Waals surface area contributed by atoms with Crippen LogP contribution in [0.1, 0.15) is 33.6 Å². The summed E-state index contributed by atoms with van der Waals surface area (Å²) in [5, 5.41) is 9.23. The van der Waals surface area contributed by atoms with Crippen LogP contribution in [0.3, 0.4) is 0 Å². The molecule has 0 aromatic heterocycles. The summed E-state index contributed by atoms with van der Waals surface area (Å²) in [7, 11) is 0. The van der Waals surface area contributed by atoms with Crippen molar-refractivity contribution in [3.8, 4) is 0 Å². The van der Waals surface area contributed by atoms with Crippen molar-refractivity contribution in [1.82, 2.24) is 4.90 Å². The maximum absolute atomic E-state index is 12.1. The number of likely N-dealkylation sites (tertiary alicyclic amines) is 1. The van der Waals surface area contributed by atoms with Crippen LogP contribution >= 0.6 is 23.2 Å². The minimum Gasteiger partial charge on any atom is -0.480 e. The lowest BCUT2D eigenvalue weighted by atomic mass is 10.0. The van der Waals surface area contributed by atoms with Gasteiger partial charge in [0.2, 0.25) is 0 Å². The summed E-state index contributed by atoms with van der Waals surface area (Å²) >= 11 is 12.1. The van der Waals surface area contributed by atoms with Crippen molar-refractivity contribution in [2.45, 2.75) is 49.6 Å². The fourth-order valence-electron chi connectivity index (χ4n) is 2.49. The highest BCUT2D eigenvalue weighted by Gasteiger charge is 2.71. The Labute approximate surface area is 121 Å². The van der Waals surface area contributed by atoms with E-state index in [1.165, 1.54) is 4.90 Å². The van der Waals surface area contributed by atoms with E-state index in [0.29, 0.717) is 6.42 Å². The Morgan fingerprint density at radius 2 is 1.89 bits per heavy atom. The standard InChI is InChI=1S/C12H17Cl2NO4/c1-10(2,3)19-9(18)15-6-11(5-12(11,13)14)4-7(15)8(16)17/h7H,4-6H2,1-3H3,(H,16,17)/t7-,11+/m0/s1. The van der Waals surface area contributed by atoms with Crippen molar-refractivity contribution in [3.05, 3.63) is 0 Å². The van der Waals surface area contributed by atoms with E-state index >= 15 is 0 Å². The summed E-state index contributed by atoms with van der Waals surface area (Å²) in [6.45, 7) is 5.43. The second kappa shape index (κ2) is 4.16. The van der Waals surface area contributed by atoms with Crippen molar-refractivity contribution >= 4 is 35.3 Å². The Kier molecular flexibility index (Phi) is 3.22. The zero-order chi connectivity index (χ0) is 14.6. The molecule has 2 aliphatic rings. The number of halogens is 2. The first kappa shape index (κ1) is 14.7. The molecule has 0 aromatic rings. The van der Waals surface area contributed by atoms with Gasteiger partial charge in [-0.1, -0.05) is 0 Å². The molecule has 0 radical (unpaired) electrons. The van der Waals surface area contributed by atoms with Gasteiger partial charge in [-0.2, -0.15) is 0 Å². The van der Waals surface area contributed by atoms with Crippen molar-refractivity contribution in [2.24, 2.45) is 5.41 Å². The SMILES string of the molecule is CC(C)(C)OC(=O)N1C[C@@]2(C[C@H]1C(=O)O)CC2(Cl)Cl. The number of nitrogens with zero attached hydrogens (tertiary/aromatic N) is 1. The highest BCUT2D eigenvalue weighted by Crippen LogP contribution is 2.69. The van der Waals surface area contributed by atoms with Gasteiger partial charge in [-0.25, -0.2) is 9.59 Å². The number of carbonyl (C=O) groups excluding carboxylic acids is 1. The molecule has 5 nitrogen and oxygen atoms in total. The first-order valence-electron chi connectivity index (χ1n) is 6.08. The summed E-state index contributed by atoms with van der Waals surface area (Å²) in [5.74, 6) is -1.06. The van der Waals surface area contributed by atoms with Crippen LogP contribution in [0.25, 0.3) is 0 Å². The first-order chi connectivity index (χ1) is 8.47. The Bertz CT molecular complexity index is 432. The number of carboxylic acids is 1. The molecule has 1 saturated carbocycles. The van der Waals surface area contributed by atoms with Gasteiger partial charge in [0.15, 0.2) is 0 Å². The van der Waals surface area contributed by atoms with Gasteiger partial charge in [0.05, 0.1) is 0 Å². The largest absolute Gasteiger partial charge is 0.480 e.